The van der Waals surface area contributed by atoms with E-state index in [1.807, 2.05) is 6.92 Å². The van der Waals surface area contributed by atoms with Gasteiger partial charge < -0.3 is 19.6 Å². The second kappa shape index (κ2) is 5.16. The summed E-state index contributed by atoms with van der Waals surface area (Å²) in [5, 5.41) is 8.69. The first-order valence-electron chi connectivity index (χ1n) is 5.20. The summed E-state index contributed by atoms with van der Waals surface area (Å²) in [5.41, 5.74) is 0. The smallest absolute Gasteiger partial charge is 0.320 e. The maximum atomic E-state index is 11.8. The van der Waals surface area contributed by atoms with E-state index in [2.05, 4.69) is 0 Å². The quantitative estimate of drug-likeness (QED) is 0.743. The molecule has 1 rings (SSSR count). The van der Waals surface area contributed by atoms with Crippen LogP contribution in [0.1, 0.15) is 6.92 Å². The predicted octanol–water partition coefficient (Wildman–Crippen LogP) is 0.0895. The van der Waals surface area contributed by atoms with Crippen LogP contribution in [0, 0.1) is 5.92 Å². The van der Waals surface area contributed by atoms with Crippen molar-refractivity contribution in [2.75, 3.05) is 33.9 Å². The van der Waals surface area contributed by atoms with E-state index < -0.39 is 11.9 Å². The second-order valence-corrected chi connectivity index (χ2v) is 4.14. The van der Waals surface area contributed by atoms with Gasteiger partial charge >= 0.3 is 12.0 Å². The van der Waals surface area contributed by atoms with Crippen LogP contribution in [0.4, 0.5) is 4.79 Å². The topological polar surface area (TPSA) is 70.1 Å². The van der Waals surface area contributed by atoms with Crippen LogP contribution < -0.4 is 0 Å². The molecule has 0 bridgehead atoms. The van der Waals surface area contributed by atoms with Crippen molar-refractivity contribution >= 4 is 12.0 Å². The number of aliphatic carboxylic acids is 1. The van der Waals surface area contributed by atoms with E-state index >= 15 is 0 Å². The number of urea groups is 1. The first kappa shape index (κ1) is 12.8. The monoisotopic (exact) mass is 230 g/mol. The molecule has 1 atom stereocenters. The molecule has 0 saturated carbocycles. The minimum absolute atomic E-state index is 0.0126. The molecule has 0 aromatic heterocycles. The molecule has 1 unspecified atom stereocenters. The number of carbonyl (C=O) groups is 2. The minimum Gasteiger partial charge on any atom is -0.481 e. The Kier molecular flexibility index (Phi) is 4.12. The van der Waals surface area contributed by atoms with Crippen LogP contribution in [0.5, 0.6) is 0 Å². The van der Waals surface area contributed by atoms with Gasteiger partial charge in [-0.1, -0.05) is 0 Å². The third kappa shape index (κ3) is 2.63. The lowest BCUT2D eigenvalue weighted by Gasteiger charge is -2.40. The number of likely N-dealkylation sites (N-methyl/N-ethyl adjacent to an activating group) is 1. The number of carboxylic acids is 1. The highest BCUT2D eigenvalue weighted by atomic mass is 16.5. The number of amides is 2. The van der Waals surface area contributed by atoms with E-state index in [1.165, 1.54) is 4.90 Å². The Morgan fingerprint density at radius 2 is 2.12 bits per heavy atom. The Hall–Kier alpha value is -1.30. The molecule has 16 heavy (non-hydrogen) atoms. The first-order chi connectivity index (χ1) is 7.47. The van der Waals surface area contributed by atoms with E-state index in [-0.39, 0.29) is 12.1 Å². The van der Waals surface area contributed by atoms with E-state index in [4.69, 9.17) is 9.84 Å². The fourth-order valence-corrected chi connectivity index (χ4v) is 1.56. The molecular formula is C10H18N2O4. The normalized spacial score (nSPS) is 17.8. The largest absolute Gasteiger partial charge is 0.481 e. The average molecular weight is 230 g/mol. The molecule has 1 N–H and O–H groups in total. The van der Waals surface area contributed by atoms with Gasteiger partial charge in [0.2, 0.25) is 0 Å². The van der Waals surface area contributed by atoms with Crippen LogP contribution in [0.25, 0.3) is 0 Å². The van der Waals surface area contributed by atoms with Crippen LogP contribution in [-0.2, 0) is 9.53 Å². The summed E-state index contributed by atoms with van der Waals surface area (Å²) < 4.78 is 4.96. The number of hydrogen-bond donors (Lipinski definition) is 1. The van der Waals surface area contributed by atoms with Gasteiger partial charge in [-0.15, -0.1) is 0 Å². The summed E-state index contributed by atoms with van der Waals surface area (Å²) >= 11 is 0. The Morgan fingerprint density at radius 3 is 2.56 bits per heavy atom. The number of hydrogen-bond acceptors (Lipinski definition) is 3. The van der Waals surface area contributed by atoms with Crippen molar-refractivity contribution in [2.45, 2.75) is 13.0 Å². The van der Waals surface area contributed by atoms with Gasteiger partial charge in [-0.25, -0.2) is 4.79 Å². The summed E-state index contributed by atoms with van der Waals surface area (Å²) in [6.45, 7) is 2.96. The van der Waals surface area contributed by atoms with Crippen molar-refractivity contribution in [1.82, 2.24) is 9.80 Å². The molecule has 0 aromatic rings. The van der Waals surface area contributed by atoms with Gasteiger partial charge in [0.05, 0.1) is 18.6 Å². The zero-order valence-corrected chi connectivity index (χ0v) is 9.84. The first-order valence-corrected chi connectivity index (χ1v) is 5.20. The lowest BCUT2D eigenvalue weighted by Crippen LogP contribution is -2.58. The molecule has 1 aliphatic rings. The van der Waals surface area contributed by atoms with Crippen molar-refractivity contribution in [3.8, 4) is 0 Å². The number of carbonyl (C=O) groups excluding carboxylic acids is 1. The highest BCUT2D eigenvalue weighted by molar-refractivity contribution is 5.79. The molecule has 6 nitrogen and oxygen atoms in total. The number of likely N-dealkylation sites (tertiary alicyclic amines) is 1. The number of methoxy groups -OCH3 is 1. The molecular weight excluding hydrogens is 212 g/mol. The molecule has 1 heterocycles. The molecule has 2 amide bonds. The number of carboxylic acid groups (broad SMARTS) is 1. The summed E-state index contributed by atoms with van der Waals surface area (Å²) in [4.78, 5) is 25.5. The van der Waals surface area contributed by atoms with E-state index in [9.17, 15) is 9.59 Å². The van der Waals surface area contributed by atoms with Gasteiger partial charge in [0.15, 0.2) is 0 Å². The molecule has 92 valence electrons. The van der Waals surface area contributed by atoms with Crippen molar-refractivity contribution in [2.24, 2.45) is 5.92 Å². The predicted molar refractivity (Wildman–Crippen MR) is 57.2 cm³/mol. The van der Waals surface area contributed by atoms with Crippen LogP contribution in [0.3, 0.4) is 0 Å². The summed E-state index contributed by atoms with van der Waals surface area (Å²) in [6, 6.07) is -0.150. The zero-order chi connectivity index (χ0) is 12.3. The molecule has 1 aliphatic heterocycles. The van der Waals surface area contributed by atoms with Gasteiger partial charge in [0.1, 0.15) is 0 Å². The lowest BCUT2D eigenvalue weighted by molar-refractivity contribution is -0.146. The number of rotatable bonds is 4. The van der Waals surface area contributed by atoms with Gasteiger partial charge in [-0.05, 0) is 6.92 Å². The van der Waals surface area contributed by atoms with Gasteiger partial charge in [0.25, 0.3) is 0 Å². The highest BCUT2D eigenvalue weighted by Gasteiger charge is 2.37. The van der Waals surface area contributed by atoms with Crippen LogP contribution >= 0.6 is 0 Å². The van der Waals surface area contributed by atoms with Gasteiger partial charge in [-0.2, -0.15) is 0 Å². The fraction of sp³-hybridized carbons (Fsp3) is 0.800. The van der Waals surface area contributed by atoms with E-state index in [0.29, 0.717) is 19.7 Å². The molecule has 1 saturated heterocycles. The van der Waals surface area contributed by atoms with Crippen molar-refractivity contribution in [1.29, 1.82) is 0 Å². The molecule has 6 heteroatoms. The average Bonchev–Trinajstić information content (AvgIpc) is 2.13. The molecule has 0 aliphatic carbocycles. The number of ether oxygens (including phenoxy) is 1. The molecule has 0 spiro atoms. The fourth-order valence-electron chi connectivity index (χ4n) is 1.56. The molecule has 0 aromatic carbocycles. The Morgan fingerprint density at radius 1 is 1.56 bits per heavy atom. The zero-order valence-electron chi connectivity index (χ0n) is 9.84. The molecule has 1 fully saturated rings. The maximum absolute atomic E-state index is 11.8. The maximum Gasteiger partial charge on any atom is 0.320 e. The third-order valence-corrected chi connectivity index (χ3v) is 2.87. The summed E-state index contributed by atoms with van der Waals surface area (Å²) in [5.74, 6) is -1.24. The van der Waals surface area contributed by atoms with Crippen molar-refractivity contribution < 1.29 is 19.4 Å². The molecule has 0 radical (unpaired) electrons. The van der Waals surface area contributed by atoms with E-state index in [0.717, 1.165) is 0 Å². The third-order valence-electron chi connectivity index (χ3n) is 2.87. The standard InChI is InChI=1S/C10H18N2O4/c1-7(6-16-3)11(2)10(15)12-4-8(5-12)9(13)14/h7-8H,4-6H2,1-3H3,(H,13,14). The lowest BCUT2D eigenvalue weighted by atomic mass is 10.0. The summed E-state index contributed by atoms with van der Waals surface area (Å²) in [6.07, 6.45) is 0. The second-order valence-electron chi connectivity index (χ2n) is 4.14. The Labute approximate surface area is 94.8 Å². The Bertz CT molecular complexity index is 276. The van der Waals surface area contributed by atoms with Crippen molar-refractivity contribution in [3.05, 3.63) is 0 Å². The highest BCUT2D eigenvalue weighted by Crippen LogP contribution is 2.17. The van der Waals surface area contributed by atoms with Crippen LogP contribution in [0.15, 0.2) is 0 Å². The van der Waals surface area contributed by atoms with Gasteiger partial charge in [0, 0.05) is 27.2 Å². The number of nitrogens with zero attached hydrogens (tertiary/aromatic N) is 2. The van der Waals surface area contributed by atoms with E-state index in [1.54, 1.807) is 19.1 Å². The SMILES string of the molecule is COCC(C)N(C)C(=O)N1CC(C(=O)O)C1. The van der Waals surface area contributed by atoms with Crippen molar-refractivity contribution in [3.63, 3.8) is 0 Å². The van der Waals surface area contributed by atoms with Crippen LogP contribution in [-0.4, -0.2) is 66.8 Å². The van der Waals surface area contributed by atoms with Gasteiger partial charge in [-0.3, -0.25) is 4.79 Å². The summed E-state index contributed by atoms with van der Waals surface area (Å²) in [7, 11) is 3.28. The Balaban J connectivity index is 2.39. The minimum atomic E-state index is -0.836. The van der Waals surface area contributed by atoms with Crippen LogP contribution in [0.2, 0.25) is 0 Å².